The van der Waals surface area contributed by atoms with Gasteiger partial charge in [0, 0.05) is 122 Å². The van der Waals surface area contributed by atoms with Gasteiger partial charge in [-0.3, -0.25) is 48.4 Å². The van der Waals surface area contributed by atoms with E-state index in [0.29, 0.717) is 134 Å². The van der Waals surface area contributed by atoms with E-state index in [0.717, 1.165) is 0 Å². The Morgan fingerprint density at radius 1 is 0.529 bits per heavy atom. The normalized spacial score (nSPS) is 15.4. The topological polar surface area (TPSA) is 256 Å². The van der Waals surface area contributed by atoms with Crippen LogP contribution in [0.2, 0.25) is 0 Å². The molecule has 0 bridgehead atoms. The molecule has 0 spiro atoms. The molecule has 4 aromatic heterocycles. The number of pyridine rings is 4. The number of carbonyl (C=O) groups is 2. The van der Waals surface area contributed by atoms with Crippen molar-refractivity contribution in [3.05, 3.63) is 137 Å². The Morgan fingerprint density at radius 3 is 1.38 bits per heavy atom. The molecule has 1 aliphatic rings. The fourth-order valence-electron chi connectivity index (χ4n) is 7.75. The van der Waals surface area contributed by atoms with Crippen LogP contribution < -0.4 is 27.6 Å². The molecular weight excluding hydrogens is 887 g/mol. The maximum absolute atomic E-state index is 13.3. The van der Waals surface area contributed by atoms with Crippen molar-refractivity contribution < 1.29 is 44.6 Å². The van der Waals surface area contributed by atoms with Crippen molar-refractivity contribution in [1.82, 2.24) is 43.8 Å². The monoisotopic (exact) mass is 951 g/mol. The minimum absolute atomic E-state index is 0.0105. The first-order valence-corrected chi connectivity index (χ1v) is 22.9. The van der Waals surface area contributed by atoms with Crippen LogP contribution in [0.3, 0.4) is 0 Å². The smallest absolute Gasteiger partial charge is 0.283 e. The van der Waals surface area contributed by atoms with Gasteiger partial charge in [0.25, 0.3) is 22.2 Å². The maximum atomic E-state index is 13.3. The highest BCUT2D eigenvalue weighted by molar-refractivity contribution is 5.78. The van der Waals surface area contributed by atoms with E-state index in [9.17, 15) is 49.6 Å². The molecule has 1 fully saturated rings. The van der Waals surface area contributed by atoms with E-state index < -0.39 is 28.3 Å². The van der Waals surface area contributed by atoms with Crippen LogP contribution in [0.15, 0.2) is 92.0 Å². The van der Waals surface area contributed by atoms with Gasteiger partial charge in [0.1, 0.15) is 5.78 Å². The zero-order valence-electron chi connectivity index (χ0n) is 38.6. The van der Waals surface area contributed by atoms with Crippen LogP contribution in [0.25, 0.3) is 0 Å². The second kappa shape index (κ2) is 27.6. The van der Waals surface area contributed by atoms with Crippen LogP contribution in [0.5, 0.6) is 0 Å². The Morgan fingerprint density at radius 2 is 0.926 bits per heavy atom. The SMILES string of the molecule is CCC(=O)CCOCCOCCOCCNC(=O)CCC(c1cccc(=O)n1O)N1CCN(Cc2cccc(=O)n2O)CCN(Cc2cccc(=O)n2O)CCN(Cc2cccc(=O)n2O)CC1. The molecule has 372 valence electrons. The van der Waals surface area contributed by atoms with Gasteiger partial charge in [-0.2, -0.15) is 18.9 Å². The number of aromatic nitrogens is 4. The van der Waals surface area contributed by atoms with E-state index in [-0.39, 0.29) is 63.0 Å². The van der Waals surface area contributed by atoms with Gasteiger partial charge in [-0.05, 0) is 30.7 Å². The summed E-state index contributed by atoms with van der Waals surface area (Å²) in [6.45, 7) is 7.26. The Bertz CT molecular complexity index is 2380. The highest BCUT2D eigenvalue weighted by Crippen LogP contribution is 2.25. The summed E-state index contributed by atoms with van der Waals surface area (Å²) in [5.74, 6) is -0.135. The lowest BCUT2D eigenvalue weighted by Crippen LogP contribution is -2.47. The Kier molecular flexibility index (Phi) is 21.5. The summed E-state index contributed by atoms with van der Waals surface area (Å²) in [7, 11) is 0. The molecule has 1 saturated heterocycles. The number of Topliss-reactive ketones (excluding diaryl/α,β-unsaturated/α-hetero) is 1. The predicted molar refractivity (Wildman–Crippen MR) is 246 cm³/mol. The Balaban J connectivity index is 1.33. The van der Waals surface area contributed by atoms with Crippen LogP contribution in [0.1, 0.15) is 61.4 Å². The first-order chi connectivity index (χ1) is 32.8. The van der Waals surface area contributed by atoms with Crippen molar-refractivity contribution in [2.45, 2.75) is 58.3 Å². The Labute approximate surface area is 393 Å². The van der Waals surface area contributed by atoms with E-state index in [1.165, 1.54) is 30.3 Å². The van der Waals surface area contributed by atoms with Crippen molar-refractivity contribution >= 4 is 11.7 Å². The summed E-state index contributed by atoms with van der Waals surface area (Å²) in [5, 5.41) is 46.0. The number of nitrogens with one attached hydrogen (secondary N) is 1. The van der Waals surface area contributed by atoms with Gasteiger partial charge < -0.3 is 40.4 Å². The van der Waals surface area contributed by atoms with Crippen LogP contribution in [-0.4, -0.2) is 170 Å². The van der Waals surface area contributed by atoms with Crippen molar-refractivity contribution in [3.63, 3.8) is 0 Å². The van der Waals surface area contributed by atoms with Crippen molar-refractivity contribution in [3.8, 4) is 0 Å². The summed E-state index contributed by atoms with van der Waals surface area (Å²) in [6.07, 6.45) is 1.06. The lowest BCUT2D eigenvalue weighted by molar-refractivity contribution is -0.122. The van der Waals surface area contributed by atoms with E-state index in [4.69, 9.17) is 14.2 Å². The van der Waals surface area contributed by atoms with E-state index in [2.05, 4.69) is 10.2 Å². The average Bonchev–Trinajstić information content (AvgIpc) is 3.32. The quantitative estimate of drug-likeness (QED) is 0.0473. The van der Waals surface area contributed by atoms with Crippen molar-refractivity contribution in [2.75, 3.05) is 98.5 Å². The summed E-state index contributed by atoms with van der Waals surface area (Å²) < 4.78 is 18.9. The van der Waals surface area contributed by atoms with Gasteiger partial charge in [-0.15, -0.1) is 0 Å². The van der Waals surface area contributed by atoms with E-state index in [1.54, 1.807) is 42.5 Å². The van der Waals surface area contributed by atoms with Crippen LogP contribution >= 0.6 is 0 Å². The second-order valence-electron chi connectivity index (χ2n) is 16.4. The van der Waals surface area contributed by atoms with E-state index in [1.807, 2.05) is 21.6 Å². The number of nitrogens with zero attached hydrogens (tertiary/aromatic N) is 8. The highest BCUT2D eigenvalue weighted by atomic mass is 16.5. The number of carbonyl (C=O) groups excluding carboxylic acids is 2. The maximum Gasteiger partial charge on any atom is 0.283 e. The Hall–Kier alpha value is -6.14. The van der Waals surface area contributed by atoms with Gasteiger partial charge in [0.2, 0.25) is 5.91 Å². The number of hydrogen-bond donors (Lipinski definition) is 5. The third-order valence-corrected chi connectivity index (χ3v) is 11.7. The highest BCUT2D eigenvalue weighted by Gasteiger charge is 2.28. The van der Waals surface area contributed by atoms with Gasteiger partial charge in [-0.1, -0.05) is 31.2 Å². The molecule has 1 aliphatic heterocycles. The molecule has 68 heavy (non-hydrogen) atoms. The van der Waals surface area contributed by atoms with Crippen LogP contribution in [-0.2, 0) is 43.4 Å². The molecule has 22 nitrogen and oxygen atoms in total. The molecular formula is C46H65N9O13. The molecule has 22 heteroatoms. The van der Waals surface area contributed by atoms with Crippen molar-refractivity contribution in [2.24, 2.45) is 0 Å². The number of ketones is 1. The first-order valence-electron chi connectivity index (χ1n) is 22.9. The zero-order chi connectivity index (χ0) is 48.8. The summed E-state index contributed by atoms with van der Waals surface area (Å²) in [6, 6.07) is 17.0. The third kappa shape index (κ3) is 16.6. The summed E-state index contributed by atoms with van der Waals surface area (Å²) >= 11 is 0. The molecule has 5 N–H and O–H groups in total. The molecule has 5 heterocycles. The molecule has 5 rings (SSSR count). The summed E-state index contributed by atoms with van der Waals surface area (Å²) in [5.41, 5.74) is -1.18. The fourth-order valence-corrected chi connectivity index (χ4v) is 7.75. The molecule has 0 radical (unpaired) electrons. The number of ether oxygens (including phenoxy) is 3. The molecule has 1 amide bonds. The second-order valence-corrected chi connectivity index (χ2v) is 16.4. The fraction of sp³-hybridized carbons (Fsp3) is 0.522. The standard InChI is InChI=1S/C46H65N9O13/c1-2-39(56)17-27-66-29-31-68-32-30-67-28-18-47-42(57)16-15-40(41-10-6-14-46(61)55(41)65)51-25-23-49(34-37-8-4-12-44(59)53(37)63)21-19-48(33-36-7-3-11-43(58)52(36)62)20-22-50(24-26-51)35-38-9-5-13-45(60)54(38)64/h3-14,40,62-65H,2,15-35H2,1H3,(H,47,57). The van der Waals surface area contributed by atoms with Crippen LogP contribution in [0.4, 0.5) is 0 Å². The molecule has 1 atom stereocenters. The van der Waals surface area contributed by atoms with E-state index >= 15 is 0 Å². The third-order valence-electron chi connectivity index (χ3n) is 11.7. The predicted octanol–water partition coefficient (Wildman–Crippen LogP) is 0.461. The van der Waals surface area contributed by atoms with Crippen LogP contribution in [0, 0.1) is 0 Å². The van der Waals surface area contributed by atoms with Gasteiger partial charge in [0.15, 0.2) is 0 Å². The minimum atomic E-state index is -0.688. The van der Waals surface area contributed by atoms with Gasteiger partial charge in [0.05, 0.1) is 68.5 Å². The molecule has 1 unspecified atom stereocenters. The minimum Gasteiger partial charge on any atom is -0.425 e. The first kappa shape index (κ1) is 52.8. The van der Waals surface area contributed by atoms with Gasteiger partial charge in [-0.25, -0.2) is 0 Å². The largest absolute Gasteiger partial charge is 0.425 e. The number of amides is 1. The molecule has 4 aromatic rings. The van der Waals surface area contributed by atoms with Gasteiger partial charge >= 0.3 is 0 Å². The summed E-state index contributed by atoms with van der Waals surface area (Å²) in [4.78, 5) is 83.1. The zero-order valence-corrected chi connectivity index (χ0v) is 38.6. The lowest BCUT2D eigenvalue weighted by Gasteiger charge is -2.37. The lowest BCUT2D eigenvalue weighted by atomic mass is 10.0. The molecule has 0 aliphatic carbocycles. The molecule has 0 aromatic carbocycles. The number of rotatable bonds is 24. The number of hydrogen-bond acceptors (Lipinski definition) is 17. The van der Waals surface area contributed by atoms with Crippen molar-refractivity contribution in [1.29, 1.82) is 0 Å². The molecule has 0 saturated carbocycles. The average molecular weight is 952 g/mol.